The Labute approximate surface area is 111 Å². The first kappa shape index (κ1) is 13.3. The van der Waals surface area contributed by atoms with Gasteiger partial charge in [0.2, 0.25) is 0 Å². The van der Waals surface area contributed by atoms with E-state index in [-0.39, 0.29) is 0 Å². The molecular formula is C14H15NO4. The van der Waals surface area contributed by atoms with Crippen LogP contribution in [0.25, 0.3) is 0 Å². The molecular weight excluding hydrogens is 246 g/mol. The van der Waals surface area contributed by atoms with Gasteiger partial charge in [-0.05, 0) is 25.0 Å². The number of rotatable bonds is 3. The Morgan fingerprint density at radius 1 is 1.16 bits per heavy atom. The van der Waals surface area contributed by atoms with Crippen LogP contribution in [0.3, 0.4) is 0 Å². The molecule has 1 saturated heterocycles. The van der Waals surface area contributed by atoms with E-state index in [0.717, 1.165) is 0 Å². The zero-order chi connectivity index (χ0) is 14.0. The molecule has 19 heavy (non-hydrogen) atoms. The third-order valence-corrected chi connectivity index (χ3v) is 3.57. The molecule has 0 saturated carbocycles. The van der Waals surface area contributed by atoms with Crippen LogP contribution in [-0.4, -0.2) is 22.8 Å². The highest BCUT2D eigenvalue weighted by molar-refractivity contribution is 6.15. The number of carbonyl (C=O) groups excluding carboxylic acids is 3. The molecule has 1 aromatic rings. The van der Waals surface area contributed by atoms with Crippen LogP contribution in [0.4, 0.5) is 0 Å². The van der Waals surface area contributed by atoms with E-state index in [1.165, 1.54) is 0 Å². The summed E-state index contributed by atoms with van der Waals surface area (Å²) < 4.78 is 0. The van der Waals surface area contributed by atoms with Crippen molar-refractivity contribution in [2.75, 3.05) is 0 Å². The molecule has 1 aliphatic rings. The Morgan fingerprint density at radius 3 is 2.21 bits per heavy atom. The van der Waals surface area contributed by atoms with Gasteiger partial charge in [0.1, 0.15) is 0 Å². The smallest absolute Gasteiger partial charge is 0.329 e. The van der Waals surface area contributed by atoms with Crippen LogP contribution >= 0.6 is 0 Å². The number of carbonyl (C=O) groups is 3. The Kier molecular flexibility index (Phi) is 3.38. The van der Waals surface area contributed by atoms with Gasteiger partial charge in [-0.3, -0.25) is 9.59 Å². The summed E-state index contributed by atoms with van der Waals surface area (Å²) in [6.07, 6.45) is 0.638. The lowest BCUT2D eigenvalue weighted by molar-refractivity contribution is -0.168. The molecule has 1 aromatic carbocycles. The quantitative estimate of drug-likeness (QED) is 0.616. The van der Waals surface area contributed by atoms with Gasteiger partial charge < -0.3 is 4.84 Å². The van der Waals surface area contributed by atoms with Crippen molar-refractivity contribution in [3.8, 4) is 0 Å². The molecule has 0 radical (unpaired) electrons. The summed E-state index contributed by atoms with van der Waals surface area (Å²) >= 11 is 0. The molecule has 0 spiro atoms. The Balaban J connectivity index is 2.32. The van der Waals surface area contributed by atoms with Crippen LogP contribution in [-0.2, 0) is 14.4 Å². The molecule has 0 aromatic heterocycles. The summed E-state index contributed by atoms with van der Waals surface area (Å²) in [5.74, 6) is -1.83. The maximum absolute atomic E-state index is 12.3. The molecule has 100 valence electrons. The monoisotopic (exact) mass is 261 g/mol. The number of amides is 2. The van der Waals surface area contributed by atoms with Gasteiger partial charge in [0, 0.05) is 5.56 Å². The fourth-order valence-corrected chi connectivity index (χ4v) is 2.17. The fraction of sp³-hybridized carbons (Fsp3) is 0.357. The highest BCUT2D eigenvalue weighted by atomic mass is 16.7. The topological polar surface area (TPSA) is 63.7 Å². The second kappa shape index (κ2) is 4.84. The minimum atomic E-state index is -1.22. The minimum absolute atomic E-state index is 0.312. The summed E-state index contributed by atoms with van der Waals surface area (Å²) in [5.41, 5.74) is -0.906. The van der Waals surface area contributed by atoms with Crippen molar-refractivity contribution < 1.29 is 19.2 Å². The van der Waals surface area contributed by atoms with Crippen molar-refractivity contribution in [2.24, 2.45) is 5.41 Å². The molecule has 1 aliphatic heterocycles. The fourth-order valence-electron chi connectivity index (χ4n) is 2.17. The average molecular weight is 261 g/mol. The SMILES string of the molecule is CCC1(CC)C(=O)ON(C(=O)c2ccccc2)C1=O. The van der Waals surface area contributed by atoms with Crippen molar-refractivity contribution in [2.45, 2.75) is 26.7 Å². The van der Waals surface area contributed by atoms with Crippen LogP contribution in [0.5, 0.6) is 0 Å². The lowest BCUT2D eigenvalue weighted by Gasteiger charge is -2.17. The average Bonchev–Trinajstić information content (AvgIpc) is 2.71. The number of hydrogen-bond donors (Lipinski definition) is 0. The number of imide groups is 1. The van der Waals surface area contributed by atoms with E-state index in [1.54, 1.807) is 44.2 Å². The number of benzene rings is 1. The third-order valence-electron chi connectivity index (χ3n) is 3.57. The van der Waals surface area contributed by atoms with Gasteiger partial charge in [0.15, 0.2) is 5.41 Å². The Morgan fingerprint density at radius 2 is 1.74 bits per heavy atom. The molecule has 1 heterocycles. The van der Waals surface area contributed by atoms with Gasteiger partial charge >= 0.3 is 5.97 Å². The molecule has 0 N–H and O–H groups in total. The second-order valence-corrected chi connectivity index (χ2v) is 4.44. The highest BCUT2D eigenvalue weighted by Crippen LogP contribution is 2.37. The molecule has 0 unspecified atom stereocenters. The summed E-state index contributed by atoms with van der Waals surface area (Å²) in [6.45, 7) is 3.47. The molecule has 0 aliphatic carbocycles. The molecule has 5 heteroatoms. The Bertz CT molecular complexity index is 520. The van der Waals surface area contributed by atoms with Crippen molar-refractivity contribution in [3.63, 3.8) is 0 Å². The first-order chi connectivity index (χ1) is 9.06. The molecule has 2 rings (SSSR count). The second-order valence-electron chi connectivity index (χ2n) is 4.44. The largest absolute Gasteiger partial charge is 0.348 e. The van der Waals surface area contributed by atoms with Gasteiger partial charge in [-0.25, -0.2) is 4.79 Å². The molecule has 2 amide bonds. The predicted molar refractivity (Wildman–Crippen MR) is 66.7 cm³/mol. The van der Waals surface area contributed by atoms with Gasteiger partial charge in [-0.15, -0.1) is 0 Å². The molecule has 0 atom stereocenters. The van der Waals surface area contributed by atoms with Crippen molar-refractivity contribution >= 4 is 17.8 Å². The number of hydrogen-bond acceptors (Lipinski definition) is 4. The van der Waals surface area contributed by atoms with E-state index in [1.807, 2.05) is 0 Å². The van der Waals surface area contributed by atoms with Crippen LogP contribution in [0, 0.1) is 5.41 Å². The van der Waals surface area contributed by atoms with Crippen LogP contribution in [0.1, 0.15) is 37.0 Å². The lowest BCUT2D eigenvalue weighted by atomic mass is 9.82. The zero-order valence-electron chi connectivity index (χ0n) is 10.9. The minimum Gasteiger partial charge on any atom is -0.329 e. The predicted octanol–water partition coefficient (Wildman–Crippen LogP) is 1.93. The van der Waals surface area contributed by atoms with Crippen molar-refractivity contribution in [1.82, 2.24) is 5.06 Å². The summed E-state index contributed by atoms with van der Waals surface area (Å²) in [4.78, 5) is 41.2. The van der Waals surface area contributed by atoms with Gasteiger partial charge in [-0.1, -0.05) is 37.1 Å². The molecule has 0 bridgehead atoms. The third kappa shape index (κ3) is 1.91. The molecule has 1 fully saturated rings. The van der Waals surface area contributed by atoms with Crippen LogP contribution < -0.4 is 0 Å². The van der Waals surface area contributed by atoms with Crippen molar-refractivity contribution in [3.05, 3.63) is 35.9 Å². The normalized spacial score (nSPS) is 17.5. The van der Waals surface area contributed by atoms with E-state index in [4.69, 9.17) is 4.84 Å². The number of hydroxylamine groups is 2. The highest BCUT2D eigenvalue weighted by Gasteiger charge is 2.56. The summed E-state index contributed by atoms with van der Waals surface area (Å²) in [6, 6.07) is 8.27. The standard InChI is InChI=1S/C14H15NO4/c1-3-14(4-2)12(17)15(19-13(14)18)11(16)10-8-6-5-7-9-10/h5-9H,3-4H2,1-2H3. The van der Waals surface area contributed by atoms with E-state index < -0.39 is 23.2 Å². The van der Waals surface area contributed by atoms with Gasteiger partial charge in [-0.2, -0.15) is 0 Å². The Hall–Kier alpha value is -2.17. The molecule has 5 nitrogen and oxygen atoms in total. The first-order valence-corrected chi connectivity index (χ1v) is 6.23. The lowest BCUT2D eigenvalue weighted by Crippen LogP contribution is -2.38. The van der Waals surface area contributed by atoms with Crippen LogP contribution in [0.2, 0.25) is 0 Å². The van der Waals surface area contributed by atoms with E-state index in [9.17, 15) is 14.4 Å². The first-order valence-electron chi connectivity index (χ1n) is 6.23. The van der Waals surface area contributed by atoms with Gasteiger partial charge in [0.05, 0.1) is 0 Å². The summed E-state index contributed by atoms with van der Waals surface area (Å²) in [5, 5.41) is 0.588. The number of nitrogens with zero attached hydrogens (tertiary/aromatic N) is 1. The zero-order valence-corrected chi connectivity index (χ0v) is 10.9. The van der Waals surface area contributed by atoms with Crippen LogP contribution in [0.15, 0.2) is 30.3 Å². The summed E-state index contributed by atoms with van der Waals surface area (Å²) in [7, 11) is 0. The maximum atomic E-state index is 12.3. The van der Waals surface area contributed by atoms with E-state index in [0.29, 0.717) is 23.5 Å². The van der Waals surface area contributed by atoms with Crippen molar-refractivity contribution in [1.29, 1.82) is 0 Å². The van der Waals surface area contributed by atoms with E-state index in [2.05, 4.69) is 0 Å². The van der Waals surface area contributed by atoms with Gasteiger partial charge in [0.25, 0.3) is 11.8 Å². The maximum Gasteiger partial charge on any atom is 0.348 e. The van der Waals surface area contributed by atoms with E-state index >= 15 is 0 Å².